The van der Waals surface area contributed by atoms with E-state index < -0.39 is 0 Å². The Labute approximate surface area is 156 Å². The molecule has 6 nitrogen and oxygen atoms in total. The zero-order valence-electron chi connectivity index (χ0n) is 14.7. The van der Waals surface area contributed by atoms with E-state index in [0.717, 1.165) is 22.5 Å². The number of hydrogen-bond acceptors (Lipinski definition) is 3. The maximum Gasteiger partial charge on any atom is 0.232 e. The highest BCUT2D eigenvalue weighted by Crippen LogP contribution is 2.39. The fourth-order valence-corrected chi connectivity index (χ4v) is 3.22. The average molecular weight is 370 g/mol. The number of aromatic amines is 1. The lowest BCUT2D eigenvalue weighted by atomic mass is 10.0. The van der Waals surface area contributed by atoms with Crippen LogP contribution in [0.1, 0.15) is 48.4 Å². The Balaban J connectivity index is 1.47. The quantitative estimate of drug-likeness (QED) is 0.708. The number of amides is 1. The van der Waals surface area contributed by atoms with E-state index in [4.69, 9.17) is 11.6 Å². The van der Waals surface area contributed by atoms with E-state index in [9.17, 15) is 4.79 Å². The SMILES string of the molecule is Cc1cc(Cl)cc(-n2cc([C@H](C)C(=O)Nc3cc(C4CC4)[nH]n3)cn2)c1. The zero-order chi connectivity index (χ0) is 18.3. The zero-order valence-corrected chi connectivity index (χ0v) is 15.4. The monoisotopic (exact) mass is 369 g/mol. The summed E-state index contributed by atoms with van der Waals surface area (Å²) < 4.78 is 1.73. The number of aromatic nitrogens is 4. The fraction of sp³-hybridized carbons (Fsp3) is 0.316. The van der Waals surface area contributed by atoms with Crippen LogP contribution >= 0.6 is 11.6 Å². The first-order valence-corrected chi connectivity index (χ1v) is 9.05. The molecule has 1 aromatic carbocycles. The first-order valence-electron chi connectivity index (χ1n) is 8.68. The molecule has 26 heavy (non-hydrogen) atoms. The molecule has 1 fully saturated rings. The van der Waals surface area contributed by atoms with Crippen LogP contribution in [0, 0.1) is 6.92 Å². The molecule has 0 radical (unpaired) electrons. The van der Waals surface area contributed by atoms with Crippen molar-refractivity contribution in [3.05, 3.63) is 58.5 Å². The molecule has 134 valence electrons. The predicted octanol–water partition coefficient (Wildman–Crippen LogP) is 4.18. The Morgan fingerprint density at radius 3 is 2.88 bits per heavy atom. The second-order valence-electron chi connectivity index (χ2n) is 6.90. The van der Waals surface area contributed by atoms with Crippen molar-refractivity contribution in [2.24, 2.45) is 0 Å². The van der Waals surface area contributed by atoms with E-state index in [1.807, 2.05) is 44.3 Å². The summed E-state index contributed by atoms with van der Waals surface area (Å²) in [5.74, 6) is 0.692. The Bertz CT molecular complexity index is 936. The van der Waals surface area contributed by atoms with Crippen LogP contribution in [-0.4, -0.2) is 25.9 Å². The highest BCUT2D eigenvalue weighted by atomic mass is 35.5. The number of carbonyl (C=O) groups excluding carboxylic acids is 1. The lowest BCUT2D eigenvalue weighted by molar-refractivity contribution is -0.117. The number of nitrogens with zero attached hydrogens (tertiary/aromatic N) is 3. The molecule has 0 aliphatic heterocycles. The van der Waals surface area contributed by atoms with Crippen LogP contribution in [0.25, 0.3) is 5.69 Å². The van der Waals surface area contributed by atoms with Crippen molar-refractivity contribution in [1.29, 1.82) is 0 Å². The molecule has 1 atom stereocenters. The molecule has 2 heterocycles. The van der Waals surface area contributed by atoms with E-state index in [1.54, 1.807) is 10.9 Å². The molecule has 1 aliphatic rings. The Morgan fingerprint density at radius 1 is 1.35 bits per heavy atom. The Hall–Kier alpha value is -2.60. The summed E-state index contributed by atoms with van der Waals surface area (Å²) in [5, 5.41) is 15.1. The van der Waals surface area contributed by atoms with Crippen LogP contribution in [0.5, 0.6) is 0 Å². The van der Waals surface area contributed by atoms with Crippen LogP contribution in [0.4, 0.5) is 5.82 Å². The molecule has 0 spiro atoms. The van der Waals surface area contributed by atoms with Crippen molar-refractivity contribution < 1.29 is 4.79 Å². The summed E-state index contributed by atoms with van der Waals surface area (Å²) in [6.07, 6.45) is 5.94. The lowest BCUT2D eigenvalue weighted by Crippen LogP contribution is -2.18. The summed E-state index contributed by atoms with van der Waals surface area (Å²) in [6.45, 7) is 3.84. The molecule has 0 saturated heterocycles. The third-order valence-corrected chi connectivity index (χ3v) is 4.87. The summed E-state index contributed by atoms with van der Waals surface area (Å²) in [6, 6.07) is 7.65. The molecular formula is C19H20ClN5O. The number of rotatable bonds is 5. The van der Waals surface area contributed by atoms with E-state index in [2.05, 4.69) is 20.6 Å². The summed E-state index contributed by atoms with van der Waals surface area (Å²) >= 11 is 6.12. The van der Waals surface area contributed by atoms with Crippen LogP contribution in [-0.2, 0) is 4.79 Å². The topological polar surface area (TPSA) is 75.6 Å². The van der Waals surface area contributed by atoms with Gasteiger partial charge in [0.25, 0.3) is 0 Å². The van der Waals surface area contributed by atoms with Gasteiger partial charge in [0.1, 0.15) is 0 Å². The minimum absolute atomic E-state index is 0.110. The van der Waals surface area contributed by atoms with Crippen molar-refractivity contribution in [2.75, 3.05) is 5.32 Å². The summed E-state index contributed by atoms with van der Waals surface area (Å²) in [7, 11) is 0. The molecule has 0 unspecified atom stereocenters. The smallest absolute Gasteiger partial charge is 0.232 e. The molecule has 4 rings (SSSR count). The van der Waals surface area contributed by atoms with E-state index in [-0.39, 0.29) is 11.8 Å². The number of aryl methyl sites for hydroxylation is 1. The number of nitrogens with one attached hydrogen (secondary N) is 2. The van der Waals surface area contributed by atoms with Gasteiger partial charge in [0.15, 0.2) is 5.82 Å². The maximum atomic E-state index is 12.5. The van der Waals surface area contributed by atoms with Gasteiger partial charge in [0, 0.05) is 34.5 Å². The van der Waals surface area contributed by atoms with Gasteiger partial charge in [-0.25, -0.2) is 4.68 Å². The van der Waals surface area contributed by atoms with Crippen molar-refractivity contribution in [3.8, 4) is 5.69 Å². The van der Waals surface area contributed by atoms with Crippen LogP contribution in [0.15, 0.2) is 36.7 Å². The normalized spacial score (nSPS) is 15.0. The van der Waals surface area contributed by atoms with Gasteiger partial charge in [-0.15, -0.1) is 0 Å². The van der Waals surface area contributed by atoms with E-state index in [1.165, 1.54) is 12.8 Å². The average Bonchev–Trinajstić information content (AvgIpc) is 3.15. The second-order valence-corrected chi connectivity index (χ2v) is 7.34. The molecular weight excluding hydrogens is 350 g/mol. The minimum atomic E-state index is -0.342. The van der Waals surface area contributed by atoms with Gasteiger partial charge in [0.05, 0.1) is 17.8 Å². The molecule has 1 amide bonds. The number of halogens is 1. The summed E-state index contributed by atoms with van der Waals surface area (Å²) in [5.41, 5.74) is 3.85. The Morgan fingerprint density at radius 2 is 2.15 bits per heavy atom. The van der Waals surface area contributed by atoms with Gasteiger partial charge < -0.3 is 5.32 Å². The maximum absolute atomic E-state index is 12.5. The van der Waals surface area contributed by atoms with Crippen LogP contribution < -0.4 is 5.32 Å². The van der Waals surface area contributed by atoms with E-state index >= 15 is 0 Å². The van der Waals surface area contributed by atoms with Crippen molar-refractivity contribution >= 4 is 23.3 Å². The number of H-pyrrole nitrogens is 1. The number of carbonyl (C=O) groups is 1. The molecule has 1 aliphatic carbocycles. The van der Waals surface area contributed by atoms with Crippen molar-refractivity contribution in [2.45, 2.75) is 38.5 Å². The van der Waals surface area contributed by atoms with E-state index in [0.29, 0.717) is 16.8 Å². The third kappa shape index (κ3) is 3.51. The third-order valence-electron chi connectivity index (χ3n) is 4.65. The van der Waals surface area contributed by atoms with Crippen LogP contribution in [0.3, 0.4) is 0 Å². The number of hydrogen-bond donors (Lipinski definition) is 2. The molecule has 1 saturated carbocycles. The Kier molecular flexibility index (Phi) is 4.28. The number of benzene rings is 1. The van der Waals surface area contributed by atoms with Crippen molar-refractivity contribution in [3.63, 3.8) is 0 Å². The van der Waals surface area contributed by atoms with Gasteiger partial charge >= 0.3 is 0 Å². The molecule has 2 N–H and O–H groups in total. The second kappa shape index (κ2) is 6.61. The first kappa shape index (κ1) is 16.8. The minimum Gasteiger partial charge on any atom is -0.309 e. The predicted molar refractivity (Wildman–Crippen MR) is 101 cm³/mol. The molecule has 0 bridgehead atoms. The lowest BCUT2D eigenvalue weighted by Gasteiger charge is -2.08. The highest BCUT2D eigenvalue weighted by Gasteiger charge is 2.26. The number of anilines is 1. The van der Waals surface area contributed by atoms with Gasteiger partial charge in [-0.2, -0.15) is 10.2 Å². The summed E-state index contributed by atoms with van der Waals surface area (Å²) in [4.78, 5) is 12.5. The highest BCUT2D eigenvalue weighted by molar-refractivity contribution is 6.30. The first-order chi connectivity index (χ1) is 12.5. The fourth-order valence-electron chi connectivity index (χ4n) is 2.94. The largest absolute Gasteiger partial charge is 0.309 e. The molecule has 2 aromatic heterocycles. The van der Waals surface area contributed by atoms with Gasteiger partial charge in [-0.1, -0.05) is 11.6 Å². The molecule has 7 heteroatoms. The van der Waals surface area contributed by atoms with Gasteiger partial charge in [0.2, 0.25) is 5.91 Å². The van der Waals surface area contributed by atoms with Crippen molar-refractivity contribution in [1.82, 2.24) is 20.0 Å². The molecule has 3 aromatic rings. The van der Waals surface area contributed by atoms with Crippen LogP contribution in [0.2, 0.25) is 5.02 Å². The van der Waals surface area contributed by atoms with Gasteiger partial charge in [-0.3, -0.25) is 9.89 Å². The standard InChI is InChI=1S/C19H20ClN5O/c1-11-5-15(20)7-16(6-11)25-10-14(9-21-25)12(2)19(26)22-18-8-17(23-24-18)13-3-4-13/h5-10,12-13H,3-4H2,1-2H3,(H2,22,23,24,26)/t12-/m0/s1. The van der Waals surface area contributed by atoms with Gasteiger partial charge in [-0.05, 0) is 50.5 Å².